The second-order valence-electron chi connectivity index (χ2n) is 4.02. The maximum atomic E-state index is 5.75. The predicted molar refractivity (Wildman–Crippen MR) is 56.8 cm³/mol. The molecule has 0 saturated carbocycles. The summed E-state index contributed by atoms with van der Waals surface area (Å²) in [6.45, 7) is 7.85. The average molecular weight is 185 g/mol. The normalized spacial score (nSPS) is 27.5. The highest BCUT2D eigenvalue weighted by molar-refractivity contribution is 4.78. The van der Waals surface area contributed by atoms with Gasteiger partial charge >= 0.3 is 0 Å². The summed E-state index contributed by atoms with van der Waals surface area (Å²) in [5, 5.41) is 0. The monoisotopic (exact) mass is 185 g/mol. The summed E-state index contributed by atoms with van der Waals surface area (Å²) < 4.78 is 0. The molecular weight excluding hydrogens is 162 g/mol. The molecule has 1 fully saturated rings. The van der Waals surface area contributed by atoms with Gasteiger partial charge in [-0.3, -0.25) is 0 Å². The van der Waals surface area contributed by atoms with E-state index in [0.29, 0.717) is 6.04 Å². The molecule has 0 aromatic rings. The molecule has 1 aliphatic rings. The smallest absolute Gasteiger partial charge is 0.0342 e. The van der Waals surface area contributed by atoms with Crippen LogP contribution < -0.4 is 5.73 Å². The van der Waals surface area contributed by atoms with Crippen molar-refractivity contribution in [3.05, 3.63) is 0 Å². The molecule has 1 rings (SSSR count). The zero-order valence-corrected chi connectivity index (χ0v) is 9.00. The summed E-state index contributed by atoms with van der Waals surface area (Å²) in [7, 11) is 2.19. The zero-order chi connectivity index (χ0) is 9.68. The zero-order valence-electron chi connectivity index (χ0n) is 9.00. The molecule has 3 heteroatoms. The molecule has 13 heavy (non-hydrogen) atoms. The van der Waals surface area contributed by atoms with E-state index < -0.39 is 0 Å². The molecule has 0 radical (unpaired) electrons. The quantitative estimate of drug-likeness (QED) is 0.689. The Morgan fingerprint density at radius 2 is 2.15 bits per heavy atom. The largest absolute Gasteiger partial charge is 0.329 e. The van der Waals surface area contributed by atoms with Crippen LogP contribution in [0, 0.1) is 0 Å². The molecular formula is C10H23N3. The Morgan fingerprint density at radius 3 is 2.77 bits per heavy atom. The summed E-state index contributed by atoms with van der Waals surface area (Å²) in [6, 6.07) is 0.564. The van der Waals surface area contributed by atoms with Gasteiger partial charge in [0, 0.05) is 19.1 Å². The van der Waals surface area contributed by atoms with E-state index in [9.17, 15) is 0 Å². The maximum Gasteiger partial charge on any atom is 0.0342 e. The molecule has 1 saturated heterocycles. The van der Waals surface area contributed by atoms with Crippen molar-refractivity contribution in [2.24, 2.45) is 5.73 Å². The van der Waals surface area contributed by atoms with E-state index in [1.807, 2.05) is 0 Å². The molecule has 1 heterocycles. The molecule has 1 aliphatic heterocycles. The highest BCUT2D eigenvalue weighted by Gasteiger charge is 2.19. The third-order valence-corrected chi connectivity index (χ3v) is 2.89. The first-order valence-electron chi connectivity index (χ1n) is 5.40. The first kappa shape index (κ1) is 11.0. The van der Waals surface area contributed by atoms with Gasteiger partial charge in [-0.05, 0) is 39.5 Å². The fraction of sp³-hybridized carbons (Fsp3) is 1.00. The van der Waals surface area contributed by atoms with Crippen LogP contribution in [0.25, 0.3) is 0 Å². The van der Waals surface area contributed by atoms with E-state index >= 15 is 0 Å². The third kappa shape index (κ3) is 3.25. The van der Waals surface area contributed by atoms with Crippen molar-refractivity contribution in [3.63, 3.8) is 0 Å². The van der Waals surface area contributed by atoms with Gasteiger partial charge in [0.25, 0.3) is 0 Å². The van der Waals surface area contributed by atoms with Gasteiger partial charge in [-0.1, -0.05) is 6.92 Å². The van der Waals surface area contributed by atoms with Crippen LogP contribution in [0.3, 0.4) is 0 Å². The molecule has 0 aromatic heterocycles. The topological polar surface area (TPSA) is 32.5 Å². The van der Waals surface area contributed by atoms with Gasteiger partial charge in [0.2, 0.25) is 0 Å². The van der Waals surface area contributed by atoms with Crippen molar-refractivity contribution in [3.8, 4) is 0 Å². The Hall–Kier alpha value is -0.120. The Morgan fingerprint density at radius 1 is 1.38 bits per heavy atom. The van der Waals surface area contributed by atoms with Crippen molar-refractivity contribution >= 4 is 0 Å². The van der Waals surface area contributed by atoms with Crippen molar-refractivity contribution in [1.82, 2.24) is 9.80 Å². The van der Waals surface area contributed by atoms with Crippen LogP contribution in [0.4, 0.5) is 0 Å². The molecule has 2 N–H and O–H groups in total. The van der Waals surface area contributed by atoms with Crippen LogP contribution in [0.5, 0.6) is 0 Å². The van der Waals surface area contributed by atoms with Gasteiger partial charge in [0.15, 0.2) is 0 Å². The van der Waals surface area contributed by atoms with E-state index in [1.54, 1.807) is 0 Å². The van der Waals surface area contributed by atoms with Gasteiger partial charge in [-0.25, -0.2) is 0 Å². The molecule has 0 aliphatic carbocycles. The lowest BCUT2D eigenvalue weighted by Crippen LogP contribution is -2.43. The Balaban J connectivity index is 2.43. The molecule has 3 nitrogen and oxygen atoms in total. The summed E-state index contributed by atoms with van der Waals surface area (Å²) in [6.07, 6.45) is 2.54. The van der Waals surface area contributed by atoms with Crippen LogP contribution in [-0.2, 0) is 0 Å². The third-order valence-electron chi connectivity index (χ3n) is 2.89. The van der Waals surface area contributed by atoms with Crippen LogP contribution >= 0.6 is 0 Å². The number of hydrogen-bond donors (Lipinski definition) is 1. The highest BCUT2D eigenvalue weighted by atomic mass is 15.2. The standard InChI is InChI=1S/C10H23N3/c1-3-5-13-7-4-6-12(2)10(8-11)9-13/h10H,3-9,11H2,1-2H3. The lowest BCUT2D eigenvalue weighted by molar-refractivity contribution is 0.212. The van der Waals surface area contributed by atoms with E-state index in [4.69, 9.17) is 5.73 Å². The first-order valence-corrected chi connectivity index (χ1v) is 5.40. The minimum absolute atomic E-state index is 0.564. The molecule has 1 atom stereocenters. The lowest BCUT2D eigenvalue weighted by Gasteiger charge is -2.27. The Kier molecular flexibility index (Phi) is 4.70. The Labute approximate surface area is 81.9 Å². The minimum Gasteiger partial charge on any atom is -0.329 e. The van der Waals surface area contributed by atoms with Gasteiger partial charge < -0.3 is 15.5 Å². The van der Waals surface area contributed by atoms with Crippen LogP contribution in [0.2, 0.25) is 0 Å². The summed E-state index contributed by atoms with van der Waals surface area (Å²) in [5.74, 6) is 0. The van der Waals surface area contributed by atoms with Gasteiger partial charge in [-0.15, -0.1) is 0 Å². The van der Waals surface area contributed by atoms with Crippen molar-refractivity contribution < 1.29 is 0 Å². The molecule has 0 spiro atoms. The SMILES string of the molecule is CCCN1CCCN(C)C(CN)C1. The van der Waals surface area contributed by atoms with Crippen LogP contribution in [-0.4, -0.2) is 55.6 Å². The molecule has 0 bridgehead atoms. The first-order chi connectivity index (χ1) is 6.27. The number of hydrogen-bond acceptors (Lipinski definition) is 3. The summed E-state index contributed by atoms with van der Waals surface area (Å²) >= 11 is 0. The van der Waals surface area contributed by atoms with Crippen LogP contribution in [0.1, 0.15) is 19.8 Å². The van der Waals surface area contributed by atoms with Gasteiger partial charge in [0.05, 0.1) is 0 Å². The van der Waals surface area contributed by atoms with E-state index in [-0.39, 0.29) is 0 Å². The maximum absolute atomic E-state index is 5.75. The van der Waals surface area contributed by atoms with E-state index in [2.05, 4.69) is 23.8 Å². The fourth-order valence-electron chi connectivity index (χ4n) is 2.03. The van der Waals surface area contributed by atoms with E-state index in [0.717, 1.165) is 13.1 Å². The fourth-order valence-corrected chi connectivity index (χ4v) is 2.03. The second kappa shape index (κ2) is 5.58. The van der Waals surface area contributed by atoms with Crippen molar-refractivity contribution in [1.29, 1.82) is 0 Å². The number of nitrogens with two attached hydrogens (primary N) is 1. The van der Waals surface area contributed by atoms with Gasteiger partial charge in [-0.2, -0.15) is 0 Å². The number of likely N-dealkylation sites (N-methyl/N-ethyl adjacent to an activating group) is 1. The van der Waals surface area contributed by atoms with Gasteiger partial charge in [0.1, 0.15) is 0 Å². The number of rotatable bonds is 3. The van der Waals surface area contributed by atoms with Crippen molar-refractivity contribution in [2.75, 3.05) is 39.8 Å². The Bertz CT molecular complexity index is 138. The second-order valence-corrected chi connectivity index (χ2v) is 4.02. The predicted octanol–water partition coefficient (Wildman–Crippen LogP) is 0.361. The lowest BCUT2D eigenvalue weighted by atomic mass is 10.2. The molecule has 0 amide bonds. The average Bonchev–Trinajstić information content (AvgIpc) is 2.29. The van der Waals surface area contributed by atoms with E-state index in [1.165, 1.54) is 32.5 Å². The van der Waals surface area contributed by atoms with Crippen LogP contribution in [0.15, 0.2) is 0 Å². The van der Waals surface area contributed by atoms with Crippen molar-refractivity contribution in [2.45, 2.75) is 25.8 Å². The minimum atomic E-state index is 0.564. The molecule has 1 unspecified atom stereocenters. The molecule has 0 aromatic carbocycles. The number of nitrogens with zero attached hydrogens (tertiary/aromatic N) is 2. The summed E-state index contributed by atoms with van der Waals surface area (Å²) in [5.41, 5.74) is 5.75. The summed E-state index contributed by atoms with van der Waals surface area (Å²) in [4.78, 5) is 4.94. The highest BCUT2D eigenvalue weighted by Crippen LogP contribution is 2.07. The molecule has 78 valence electrons.